The Morgan fingerprint density at radius 2 is 0.643 bits per heavy atom. The van der Waals surface area contributed by atoms with E-state index in [4.69, 9.17) is 62.3 Å². The Hall–Kier alpha value is -3.22. The minimum Gasteiger partial charge on any atom is -0.497 e. The number of unbranched alkanes of at least 4 members (excludes halogenated alkanes) is 68. The Kier molecular flexibility index (Phi) is 82.7. The summed E-state index contributed by atoms with van der Waals surface area (Å²) in [7, 11) is 3.12. The van der Waals surface area contributed by atoms with Gasteiger partial charge in [0.25, 0.3) is 10.3 Å². The van der Waals surface area contributed by atoms with E-state index in [-0.39, 0.29) is 30.2 Å². The molecule has 2 saturated heterocycles. The quantitative estimate of drug-likeness (QED) is 0.0216. The van der Waals surface area contributed by atoms with Gasteiger partial charge in [-0.05, 0) is 93.9 Å². The number of aliphatic hydroxyl groups excluding tert-OH is 10. The molecule has 0 aromatic heterocycles. The van der Waals surface area contributed by atoms with E-state index >= 15 is 0 Å². The number of benzene rings is 2. The van der Waals surface area contributed by atoms with E-state index in [0.29, 0.717) is 55.2 Å². The standard InChI is InChI=1S/C116H214N4O18S2/c1-6-9-12-15-18-21-24-27-29-31-33-35-37-39-41-43-45-47-51-56-61-66-71-78-88-117-97(91-133-113-111(129)109(127)107(125)102(137-113)92-135-116(140)120-96-83-76-77-86-100(96)132-5)105(123)98(121)84-73-68-63-58-54-49-50-55-60-65-70-75-87-101(136-114-112(130)110(128)108(126)103(138-114)93-134-115(139)119-94-81-80-82-95(90-94)131-4)104(106(124)99(122)85-74-69-64-59-53-26-23-20-17-14-11-8-3)118-89-79-72-67-62-57-52-48-46-44-42-40-38-36-34-32-30-28-25-22-19-16-13-10-7-2/h76-77,80-83,86,90,97-99,101-114,117-118,121-130H,6-75,78-79,84-85,87-89,91-93H2,1-5H3,(H,119,139)(H,120,140)/t97?,98?,99-,101?,102-,103-,104-,105?,106-,107+,108+,109+,110+,111-,112-,113+,114+/m1/s1. The molecule has 2 fully saturated rings. The summed E-state index contributed by atoms with van der Waals surface area (Å²) in [4.78, 5) is 0. The van der Waals surface area contributed by atoms with Crippen LogP contribution in [0.15, 0.2) is 48.5 Å². The fourth-order valence-electron chi connectivity index (χ4n) is 20.1. The van der Waals surface area contributed by atoms with Gasteiger partial charge in [0.2, 0.25) is 0 Å². The number of thiocarbonyl (C=S) groups is 2. The third kappa shape index (κ3) is 64.2. The Labute approximate surface area is 864 Å². The molecule has 4 rings (SSSR count). The van der Waals surface area contributed by atoms with Crippen molar-refractivity contribution in [3.05, 3.63) is 48.5 Å². The molecule has 0 bridgehead atoms. The zero-order valence-corrected chi connectivity index (χ0v) is 91.2. The summed E-state index contributed by atoms with van der Waals surface area (Å²) in [6.07, 6.45) is 70.6. The van der Waals surface area contributed by atoms with Gasteiger partial charge in [0.1, 0.15) is 73.5 Å². The Morgan fingerprint density at radius 1 is 0.329 bits per heavy atom. The minimum atomic E-state index is -1.65. The average molecular weight is 2020 g/mol. The van der Waals surface area contributed by atoms with E-state index in [9.17, 15) is 51.1 Å². The number of methoxy groups -OCH3 is 2. The summed E-state index contributed by atoms with van der Waals surface area (Å²) in [6, 6.07) is 12.9. The van der Waals surface area contributed by atoms with Crippen LogP contribution in [0.3, 0.4) is 0 Å². The summed E-state index contributed by atoms with van der Waals surface area (Å²) in [6.45, 7) is 7.31. The highest BCUT2D eigenvalue weighted by Crippen LogP contribution is 2.32. The maximum absolute atomic E-state index is 12.5. The lowest BCUT2D eigenvalue weighted by Gasteiger charge is -2.43. The highest BCUT2D eigenvalue weighted by molar-refractivity contribution is 7.80. The topological polar surface area (TPSA) is 324 Å². The lowest BCUT2D eigenvalue weighted by Crippen LogP contribution is -2.62. The molecule has 24 heteroatoms. The molecule has 17 atom stereocenters. The van der Waals surface area contributed by atoms with Gasteiger partial charge >= 0.3 is 0 Å². The molecule has 0 radical (unpaired) electrons. The second kappa shape index (κ2) is 89.7. The number of ether oxygens (including phenoxy) is 8. The highest BCUT2D eigenvalue weighted by Gasteiger charge is 2.48. The van der Waals surface area contributed by atoms with Crippen molar-refractivity contribution in [3.8, 4) is 11.5 Å². The van der Waals surface area contributed by atoms with E-state index in [1.807, 2.05) is 30.3 Å². The second-order valence-electron chi connectivity index (χ2n) is 41.8. The van der Waals surface area contributed by atoms with Crippen LogP contribution in [-0.4, -0.2) is 213 Å². The van der Waals surface area contributed by atoms with Crippen molar-refractivity contribution >= 4 is 46.2 Å². The van der Waals surface area contributed by atoms with Crippen LogP contribution in [-0.2, 0) is 28.4 Å². The van der Waals surface area contributed by atoms with Crippen LogP contribution in [0.4, 0.5) is 11.4 Å². The van der Waals surface area contributed by atoms with Crippen molar-refractivity contribution < 1.29 is 89.0 Å². The summed E-state index contributed by atoms with van der Waals surface area (Å²) in [5.41, 5.74) is 1.20. The monoisotopic (exact) mass is 2020 g/mol. The first kappa shape index (κ1) is 129. The predicted octanol–water partition coefficient (Wildman–Crippen LogP) is 26.5. The van der Waals surface area contributed by atoms with E-state index in [1.165, 1.54) is 321 Å². The summed E-state index contributed by atoms with van der Waals surface area (Å²) >= 11 is 11.0. The molecule has 22 nitrogen and oxygen atoms in total. The van der Waals surface area contributed by atoms with Gasteiger partial charge in [-0.2, -0.15) is 0 Å². The van der Waals surface area contributed by atoms with E-state index in [2.05, 4.69) is 42.0 Å². The fraction of sp³-hybridized carbons (Fsp3) is 0.879. The average Bonchev–Trinajstić information content (AvgIpc) is 0.798. The molecule has 140 heavy (non-hydrogen) atoms. The zero-order chi connectivity index (χ0) is 101. The molecule has 0 spiro atoms. The minimum absolute atomic E-state index is 0.00644. The number of hydrogen-bond acceptors (Lipinski definition) is 22. The second-order valence-corrected chi connectivity index (χ2v) is 42.6. The van der Waals surface area contributed by atoms with Crippen molar-refractivity contribution in [2.75, 3.05) is 57.8 Å². The first-order valence-electron chi connectivity index (χ1n) is 58.5. The van der Waals surface area contributed by atoms with Crippen LogP contribution in [0.25, 0.3) is 0 Å². The van der Waals surface area contributed by atoms with Crippen LogP contribution in [0.2, 0.25) is 0 Å². The number of anilines is 2. The number of hydrogen-bond donors (Lipinski definition) is 14. The SMILES string of the molecule is CCCCCCCCCCCCCCCCCCCCCCCCCCNC(CO[C@H]1O[C@H](COC(=S)Nc2ccccc2OC)[C@H](O)[C@H](O)[C@H]1O)C(O)C(O)CCCCCCCCCCCCCCC(O[C@H]1O[C@H](COC(=S)Nc2cccc(OC)c2)[C@H](O)[C@H](O)[C@H]1O)[C@@H](NCCCCCCCCCCCCCCCCCCCCCCCCCC)[C@H](O)[C@H](O)CCCCCCCCCCCCCC. The number of rotatable bonds is 98. The van der Waals surface area contributed by atoms with Gasteiger partial charge in [-0.3, -0.25) is 0 Å². The third-order valence-corrected chi connectivity index (χ3v) is 29.9. The fourth-order valence-corrected chi connectivity index (χ4v) is 20.5. The largest absolute Gasteiger partial charge is 0.497 e. The molecule has 0 amide bonds. The molecule has 2 aliphatic rings. The van der Waals surface area contributed by atoms with Gasteiger partial charge in [0.15, 0.2) is 12.6 Å². The van der Waals surface area contributed by atoms with Gasteiger partial charge < -0.3 is 110 Å². The van der Waals surface area contributed by atoms with E-state index in [0.717, 1.165) is 141 Å². The molecule has 0 saturated carbocycles. The van der Waals surface area contributed by atoms with Crippen molar-refractivity contribution in [3.63, 3.8) is 0 Å². The van der Waals surface area contributed by atoms with Crippen LogP contribution in [0.5, 0.6) is 11.5 Å². The Balaban J connectivity index is 1.28. The molecule has 2 aliphatic heterocycles. The molecule has 4 unspecified atom stereocenters. The summed E-state index contributed by atoms with van der Waals surface area (Å²) < 4.78 is 47.9. The first-order chi connectivity index (χ1) is 68.5. The van der Waals surface area contributed by atoms with Crippen LogP contribution in [0, 0.1) is 0 Å². The lowest BCUT2D eigenvalue weighted by molar-refractivity contribution is -0.314. The molecular formula is C116H214N4O18S2. The van der Waals surface area contributed by atoms with Crippen molar-refractivity contribution in [2.45, 2.75) is 606 Å². The lowest BCUT2D eigenvalue weighted by atomic mass is 9.92. The summed E-state index contributed by atoms with van der Waals surface area (Å²) in [5, 5.41) is 129. The van der Waals surface area contributed by atoms with E-state index in [1.54, 1.807) is 32.4 Å². The zero-order valence-electron chi connectivity index (χ0n) is 89.6. The van der Waals surface area contributed by atoms with Crippen LogP contribution in [0.1, 0.15) is 502 Å². The molecule has 2 aromatic rings. The predicted molar refractivity (Wildman–Crippen MR) is 585 cm³/mol. The maximum Gasteiger partial charge on any atom is 0.261 e. The number of nitrogens with one attached hydrogen (secondary N) is 4. The van der Waals surface area contributed by atoms with Gasteiger partial charge in [0, 0.05) is 11.8 Å². The highest BCUT2D eigenvalue weighted by atomic mass is 32.1. The Morgan fingerprint density at radius 3 is 1.01 bits per heavy atom. The molecule has 818 valence electrons. The molecule has 2 aromatic carbocycles. The van der Waals surface area contributed by atoms with Gasteiger partial charge in [0.05, 0.1) is 69.1 Å². The van der Waals surface area contributed by atoms with Gasteiger partial charge in [-0.1, -0.05) is 488 Å². The normalized spacial score (nSPS) is 19.9. The molecular weight excluding hydrogens is 1800 g/mol. The van der Waals surface area contributed by atoms with Gasteiger partial charge in [-0.25, -0.2) is 0 Å². The molecule has 14 N–H and O–H groups in total. The van der Waals surface area contributed by atoms with Gasteiger partial charge in [-0.15, -0.1) is 0 Å². The first-order valence-corrected chi connectivity index (χ1v) is 59.3. The third-order valence-electron chi connectivity index (χ3n) is 29.4. The van der Waals surface area contributed by atoms with Crippen molar-refractivity contribution in [2.24, 2.45) is 0 Å². The Bertz CT molecular complexity index is 3110. The number of aliphatic hydroxyl groups is 10. The van der Waals surface area contributed by atoms with E-state index < -0.39 is 104 Å². The van der Waals surface area contributed by atoms with Crippen LogP contribution >= 0.6 is 24.4 Å². The van der Waals surface area contributed by atoms with Crippen molar-refractivity contribution in [1.82, 2.24) is 10.6 Å². The molecule has 0 aliphatic carbocycles. The smallest absolute Gasteiger partial charge is 0.261 e. The van der Waals surface area contributed by atoms with Crippen LogP contribution < -0.4 is 30.7 Å². The summed E-state index contributed by atoms with van der Waals surface area (Å²) in [5.74, 6) is 1.17. The molecule has 2 heterocycles. The van der Waals surface area contributed by atoms with Crippen molar-refractivity contribution in [1.29, 1.82) is 0 Å². The maximum atomic E-state index is 12.5. The number of para-hydroxylation sites is 2.